The number of pyridine rings is 1. The Hall–Kier alpha value is -2.92. The maximum absolute atomic E-state index is 13.3. The number of hydrogen-bond donors (Lipinski definition) is 2. The third-order valence-electron chi connectivity index (χ3n) is 4.22. The second kappa shape index (κ2) is 8.07. The van der Waals surface area contributed by atoms with Crippen molar-refractivity contribution in [1.29, 1.82) is 0 Å². The van der Waals surface area contributed by atoms with Crippen LogP contribution in [-0.4, -0.2) is 34.4 Å². The van der Waals surface area contributed by atoms with Crippen LogP contribution >= 0.6 is 11.6 Å². The van der Waals surface area contributed by atoms with Gasteiger partial charge in [-0.2, -0.15) is 13.2 Å². The summed E-state index contributed by atoms with van der Waals surface area (Å²) in [6, 6.07) is 4.96. The minimum Gasteiger partial charge on any atom is -0.407 e. The predicted molar refractivity (Wildman–Crippen MR) is 95.9 cm³/mol. The monoisotopic (exact) mass is 447 g/mol. The lowest BCUT2D eigenvalue weighted by molar-refractivity contribution is -0.175. The molecular formula is C18H14ClF4N3O4. The van der Waals surface area contributed by atoms with Gasteiger partial charge in [-0.15, -0.1) is 0 Å². The van der Waals surface area contributed by atoms with Crippen LogP contribution in [0.5, 0.6) is 0 Å². The summed E-state index contributed by atoms with van der Waals surface area (Å²) in [7, 11) is 0. The number of aromatic nitrogens is 1. The number of alkyl carbamates (subject to hydrolysis) is 1. The molecule has 2 aromatic rings. The highest BCUT2D eigenvalue weighted by molar-refractivity contribution is 6.30. The van der Waals surface area contributed by atoms with Crippen molar-refractivity contribution in [3.8, 4) is 0 Å². The quantitative estimate of drug-likeness (QED) is 0.554. The van der Waals surface area contributed by atoms with Crippen LogP contribution in [0.2, 0.25) is 5.02 Å². The lowest BCUT2D eigenvalue weighted by Crippen LogP contribution is -2.46. The molecule has 3 rings (SSSR count). The molecule has 12 heteroatoms. The van der Waals surface area contributed by atoms with E-state index in [2.05, 4.69) is 10.3 Å². The Morgan fingerprint density at radius 2 is 2.07 bits per heavy atom. The lowest BCUT2D eigenvalue weighted by atomic mass is 10.2. The molecule has 2 heterocycles. The first kappa shape index (κ1) is 21.8. The molecule has 2 amide bonds. The van der Waals surface area contributed by atoms with E-state index in [-0.39, 0.29) is 30.4 Å². The predicted octanol–water partition coefficient (Wildman–Crippen LogP) is 3.24. The number of carbonyl (C=O) groups is 2. The van der Waals surface area contributed by atoms with Crippen molar-refractivity contribution in [2.24, 2.45) is 0 Å². The number of halogens is 5. The molecule has 0 radical (unpaired) electrons. The Kier molecular flexibility index (Phi) is 5.86. The molecule has 1 aliphatic rings. The van der Waals surface area contributed by atoms with E-state index in [4.69, 9.17) is 16.3 Å². The highest BCUT2D eigenvalue weighted by Crippen LogP contribution is 2.33. The van der Waals surface area contributed by atoms with Crippen molar-refractivity contribution in [1.82, 2.24) is 10.3 Å². The van der Waals surface area contributed by atoms with Crippen molar-refractivity contribution in [2.75, 3.05) is 11.4 Å². The van der Waals surface area contributed by atoms with Gasteiger partial charge in [0.1, 0.15) is 11.6 Å². The maximum Gasteiger partial charge on any atom is 0.416 e. The average molecular weight is 448 g/mol. The highest BCUT2D eigenvalue weighted by Gasteiger charge is 2.50. The van der Waals surface area contributed by atoms with Gasteiger partial charge in [-0.05, 0) is 35.9 Å². The summed E-state index contributed by atoms with van der Waals surface area (Å²) < 4.78 is 56.7. The summed E-state index contributed by atoms with van der Waals surface area (Å²) in [5, 5.41) is 12.7. The van der Waals surface area contributed by atoms with Gasteiger partial charge in [0, 0.05) is 30.7 Å². The summed E-state index contributed by atoms with van der Waals surface area (Å²) in [5.41, 5.74) is -0.723. The van der Waals surface area contributed by atoms with Crippen molar-refractivity contribution >= 4 is 29.4 Å². The van der Waals surface area contributed by atoms with E-state index in [0.29, 0.717) is 11.6 Å². The molecule has 0 bridgehead atoms. The van der Waals surface area contributed by atoms with Gasteiger partial charge in [-0.1, -0.05) is 11.6 Å². The van der Waals surface area contributed by atoms with E-state index in [1.54, 1.807) is 0 Å². The number of carbonyl (C=O) groups excluding carboxylic acids is 2. The standard InChI is InChI=1S/C18H14ClF4N3O4/c19-12-5-10(6-13(20)8-12)9-25-16(28)30-17(29)2-4-26(15(17)27)14-7-11(1-3-24-14)18(21,22)23/h1,3,5-8,29H,2,4,9H2,(H,25,28)/t17-/m0/s1. The molecule has 0 saturated carbocycles. The lowest BCUT2D eigenvalue weighted by Gasteiger charge is -2.22. The number of rotatable bonds is 4. The van der Waals surface area contributed by atoms with Gasteiger partial charge in [0.15, 0.2) is 0 Å². The summed E-state index contributed by atoms with van der Waals surface area (Å²) in [6.45, 7) is -0.435. The summed E-state index contributed by atoms with van der Waals surface area (Å²) in [4.78, 5) is 28.9. The first-order chi connectivity index (χ1) is 14.0. The molecule has 0 aliphatic carbocycles. The minimum absolute atomic E-state index is 0.106. The molecule has 1 aromatic carbocycles. The third-order valence-corrected chi connectivity index (χ3v) is 4.44. The van der Waals surface area contributed by atoms with Crippen LogP contribution < -0.4 is 10.2 Å². The van der Waals surface area contributed by atoms with Crippen molar-refractivity contribution < 1.29 is 37.0 Å². The number of alkyl halides is 3. The van der Waals surface area contributed by atoms with Gasteiger partial charge in [0.2, 0.25) is 0 Å². The molecule has 1 fully saturated rings. The summed E-state index contributed by atoms with van der Waals surface area (Å²) in [5.74, 6) is -4.69. The molecule has 1 saturated heterocycles. The van der Waals surface area contributed by atoms with Crippen molar-refractivity contribution in [2.45, 2.75) is 24.9 Å². The summed E-state index contributed by atoms with van der Waals surface area (Å²) >= 11 is 5.71. The zero-order valence-corrected chi connectivity index (χ0v) is 15.8. The zero-order valence-electron chi connectivity index (χ0n) is 15.0. The van der Waals surface area contributed by atoms with Crippen LogP contribution in [0.1, 0.15) is 17.5 Å². The fourth-order valence-electron chi connectivity index (χ4n) is 2.81. The average Bonchev–Trinajstić information content (AvgIpc) is 2.93. The molecule has 30 heavy (non-hydrogen) atoms. The number of amides is 2. The maximum atomic E-state index is 13.3. The fraction of sp³-hybridized carbons (Fsp3) is 0.278. The van der Waals surface area contributed by atoms with Gasteiger partial charge < -0.3 is 15.2 Å². The summed E-state index contributed by atoms with van der Waals surface area (Å²) in [6.07, 6.45) is -5.35. The van der Waals surface area contributed by atoms with Gasteiger partial charge in [-0.25, -0.2) is 14.2 Å². The zero-order chi connectivity index (χ0) is 22.1. The van der Waals surface area contributed by atoms with Gasteiger partial charge >= 0.3 is 18.2 Å². The largest absolute Gasteiger partial charge is 0.416 e. The Bertz CT molecular complexity index is 968. The number of benzene rings is 1. The van der Waals surface area contributed by atoms with Crippen LogP contribution in [0.4, 0.5) is 28.2 Å². The highest BCUT2D eigenvalue weighted by atomic mass is 35.5. The molecular weight excluding hydrogens is 434 g/mol. The van der Waals surface area contributed by atoms with Crippen LogP contribution in [0, 0.1) is 5.82 Å². The van der Waals surface area contributed by atoms with Crippen molar-refractivity contribution in [3.63, 3.8) is 0 Å². The molecule has 1 aliphatic heterocycles. The van der Waals surface area contributed by atoms with Gasteiger partial charge in [0.05, 0.1) is 5.56 Å². The van der Waals surface area contributed by atoms with Crippen molar-refractivity contribution in [3.05, 3.63) is 58.5 Å². The number of ether oxygens (including phenoxy) is 1. The molecule has 1 aromatic heterocycles. The second-order valence-corrected chi connectivity index (χ2v) is 6.85. The molecule has 7 nitrogen and oxygen atoms in total. The number of nitrogens with one attached hydrogen (secondary N) is 1. The number of nitrogens with zero attached hydrogens (tertiary/aromatic N) is 2. The van der Waals surface area contributed by atoms with E-state index in [1.807, 2.05) is 0 Å². The molecule has 0 spiro atoms. The normalized spacial score (nSPS) is 19.1. The first-order valence-electron chi connectivity index (χ1n) is 8.47. The molecule has 160 valence electrons. The fourth-order valence-corrected chi connectivity index (χ4v) is 3.06. The number of aliphatic hydroxyl groups is 1. The van der Waals surface area contributed by atoms with Crippen LogP contribution in [-0.2, 0) is 22.3 Å². The minimum atomic E-state index is -4.65. The van der Waals surface area contributed by atoms with E-state index >= 15 is 0 Å². The smallest absolute Gasteiger partial charge is 0.407 e. The first-order valence-corrected chi connectivity index (χ1v) is 8.85. The van der Waals surface area contributed by atoms with E-state index < -0.39 is 35.3 Å². The molecule has 0 unspecified atom stereocenters. The molecule has 2 N–H and O–H groups in total. The Morgan fingerprint density at radius 1 is 1.33 bits per heavy atom. The van der Waals surface area contributed by atoms with E-state index in [1.165, 1.54) is 6.07 Å². The Morgan fingerprint density at radius 3 is 2.73 bits per heavy atom. The number of anilines is 1. The third kappa shape index (κ3) is 4.79. The van der Waals surface area contributed by atoms with E-state index in [0.717, 1.165) is 29.3 Å². The number of hydrogen-bond acceptors (Lipinski definition) is 5. The van der Waals surface area contributed by atoms with Crippen LogP contribution in [0.25, 0.3) is 0 Å². The second-order valence-electron chi connectivity index (χ2n) is 6.41. The van der Waals surface area contributed by atoms with Crippen LogP contribution in [0.3, 0.4) is 0 Å². The SMILES string of the molecule is O=C(NCc1cc(F)cc(Cl)c1)O[C@@]1(O)CCN(c2cc(C(F)(F)F)ccn2)C1=O. The topological polar surface area (TPSA) is 91.8 Å². The van der Waals surface area contributed by atoms with Gasteiger partial charge in [0.25, 0.3) is 5.79 Å². The molecule has 1 atom stereocenters. The Labute approximate surface area is 172 Å². The van der Waals surface area contributed by atoms with Gasteiger partial charge in [-0.3, -0.25) is 9.69 Å². The van der Waals surface area contributed by atoms with E-state index in [9.17, 15) is 32.3 Å². The Balaban J connectivity index is 1.66. The van der Waals surface area contributed by atoms with Crippen LogP contribution in [0.15, 0.2) is 36.5 Å².